The minimum Gasteiger partial charge on any atom is -0.480 e. The van der Waals surface area contributed by atoms with Crippen molar-refractivity contribution in [3.05, 3.63) is 24.0 Å². The SMILES string of the molecule is CC1CCC(NC(=O)NCc2cccnn2)(C(=O)O)CC1. The molecule has 1 aliphatic carbocycles. The Hall–Kier alpha value is -2.18. The van der Waals surface area contributed by atoms with Crippen LogP contribution in [0.5, 0.6) is 0 Å². The molecule has 1 aliphatic rings. The van der Waals surface area contributed by atoms with Gasteiger partial charge in [0.25, 0.3) is 0 Å². The van der Waals surface area contributed by atoms with Gasteiger partial charge in [0.05, 0.1) is 12.2 Å². The summed E-state index contributed by atoms with van der Waals surface area (Å²) < 4.78 is 0. The summed E-state index contributed by atoms with van der Waals surface area (Å²) in [6.45, 7) is 2.31. The minimum atomic E-state index is -1.15. The van der Waals surface area contributed by atoms with E-state index in [2.05, 4.69) is 27.8 Å². The van der Waals surface area contributed by atoms with Gasteiger partial charge in [-0.25, -0.2) is 9.59 Å². The summed E-state index contributed by atoms with van der Waals surface area (Å²) in [5.41, 5.74) is -0.534. The Morgan fingerprint density at radius 2 is 2.14 bits per heavy atom. The molecule has 114 valence electrons. The highest BCUT2D eigenvalue weighted by Gasteiger charge is 2.42. The van der Waals surface area contributed by atoms with E-state index in [1.165, 1.54) is 0 Å². The third-order valence-corrected chi connectivity index (χ3v) is 3.95. The van der Waals surface area contributed by atoms with Crippen LogP contribution in [0, 0.1) is 5.92 Å². The van der Waals surface area contributed by atoms with Crippen LogP contribution in [0.3, 0.4) is 0 Å². The van der Waals surface area contributed by atoms with Gasteiger partial charge >= 0.3 is 12.0 Å². The topological polar surface area (TPSA) is 104 Å². The van der Waals surface area contributed by atoms with Crippen LogP contribution in [0.15, 0.2) is 18.3 Å². The number of amides is 2. The molecule has 2 amide bonds. The zero-order chi connectivity index (χ0) is 15.3. The Labute approximate surface area is 123 Å². The summed E-state index contributed by atoms with van der Waals surface area (Å²) in [5, 5.41) is 22.3. The Morgan fingerprint density at radius 1 is 1.43 bits per heavy atom. The number of hydrogen-bond acceptors (Lipinski definition) is 4. The quantitative estimate of drug-likeness (QED) is 0.776. The number of urea groups is 1. The molecule has 0 radical (unpaired) electrons. The van der Waals surface area contributed by atoms with E-state index in [9.17, 15) is 14.7 Å². The number of nitrogens with zero attached hydrogens (tertiary/aromatic N) is 2. The normalized spacial score (nSPS) is 25.1. The van der Waals surface area contributed by atoms with Crippen molar-refractivity contribution in [2.45, 2.75) is 44.7 Å². The molecule has 2 rings (SSSR count). The summed E-state index contributed by atoms with van der Waals surface area (Å²) in [4.78, 5) is 23.5. The highest BCUT2D eigenvalue weighted by molar-refractivity contribution is 5.86. The lowest BCUT2D eigenvalue weighted by Gasteiger charge is -2.36. The lowest BCUT2D eigenvalue weighted by molar-refractivity contribution is -0.146. The standard InChI is InChI=1S/C14H20N4O3/c1-10-4-6-14(7-5-10,12(19)20)17-13(21)15-9-11-3-2-8-16-18-11/h2-3,8,10H,4-7,9H2,1H3,(H,19,20)(H2,15,17,21). The first-order chi connectivity index (χ1) is 10.0. The van der Waals surface area contributed by atoms with Crippen molar-refractivity contribution in [1.29, 1.82) is 0 Å². The molecule has 0 spiro atoms. The van der Waals surface area contributed by atoms with Crippen molar-refractivity contribution >= 4 is 12.0 Å². The molecular formula is C14H20N4O3. The molecule has 0 aliphatic heterocycles. The van der Waals surface area contributed by atoms with Gasteiger partial charge in [0.1, 0.15) is 5.54 Å². The first-order valence-corrected chi connectivity index (χ1v) is 7.08. The summed E-state index contributed by atoms with van der Waals surface area (Å²) in [6.07, 6.45) is 4.07. The Kier molecular flexibility index (Phi) is 4.72. The monoisotopic (exact) mass is 292 g/mol. The predicted octanol–water partition coefficient (Wildman–Crippen LogP) is 1.31. The van der Waals surface area contributed by atoms with Gasteiger partial charge < -0.3 is 15.7 Å². The number of carbonyl (C=O) groups excluding carboxylic acids is 1. The molecular weight excluding hydrogens is 272 g/mol. The lowest BCUT2D eigenvalue weighted by Crippen LogP contribution is -2.58. The molecule has 1 fully saturated rings. The molecule has 1 aromatic heterocycles. The van der Waals surface area contributed by atoms with E-state index < -0.39 is 17.5 Å². The van der Waals surface area contributed by atoms with Gasteiger partial charge in [-0.1, -0.05) is 6.92 Å². The van der Waals surface area contributed by atoms with Crippen molar-refractivity contribution < 1.29 is 14.7 Å². The maximum absolute atomic E-state index is 11.9. The summed E-state index contributed by atoms with van der Waals surface area (Å²) in [7, 11) is 0. The van der Waals surface area contributed by atoms with Crippen LogP contribution >= 0.6 is 0 Å². The van der Waals surface area contributed by atoms with Crippen LogP contribution in [-0.2, 0) is 11.3 Å². The molecule has 0 bridgehead atoms. The second-order valence-corrected chi connectivity index (χ2v) is 5.59. The Balaban J connectivity index is 1.91. The maximum atomic E-state index is 11.9. The fourth-order valence-corrected chi connectivity index (χ4v) is 2.51. The van der Waals surface area contributed by atoms with Crippen LogP contribution in [0.4, 0.5) is 4.79 Å². The van der Waals surface area contributed by atoms with E-state index in [0.29, 0.717) is 24.5 Å². The zero-order valence-corrected chi connectivity index (χ0v) is 12.0. The number of carboxylic acid groups (broad SMARTS) is 1. The predicted molar refractivity (Wildman–Crippen MR) is 75.4 cm³/mol. The largest absolute Gasteiger partial charge is 0.480 e. The molecule has 1 saturated carbocycles. The van der Waals surface area contributed by atoms with Crippen LogP contribution in [0.1, 0.15) is 38.3 Å². The van der Waals surface area contributed by atoms with Crippen molar-refractivity contribution in [2.75, 3.05) is 0 Å². The molecule has 1 heterocycles. The lowest BCUT2D eigenvalue weighted by atomic mass is 9.77. The maximum Gasteiger partial charge on any atom is 0.329 e. The molecule has 7 nitrogen and oxygen atoms in total. The Morgan fingerprint density at radius 3 is 2.71 bits per heavy atom. The molecule has 0 unspecified atom stereocenters. The van der Waals surface area contributed by atoms with Gasteiger partial charge in [-0.2, -0.15) is 10.2 Å². The average Bonchev–Trinajstić information content (AvgIpc) is 2.48. The second-order valence-electron chi connectivity index (χ2n) is 5.59. The smallest absolute Gasteiger partial charge is 0.329 e. The number of carboxylic acids is 1. The number of nitrogens with one attached hydrogen (secondary N) is 2. The van der Waals surface area contributed by atoms with E-state index in [4.69, 9.17) is 0 Å². The summed E-state index contributed by atoms with van der Waals surface area (Å²) >= 11 is 0. The highest BCUT2D eigenvalue weighted by Crippen LogP contribution is 2.32. The van der Waals surface area contributed by atoms with Gasteiger partial charge in [0.2, 0.25) is 0 Å². The third kappa shape index (κ3) is 3.90. The van der Waals surface area contributed by atoms with E-state index in [-0.39, 0.29) is 6.54 Å². The molecule has 0 aromatic carbocycles. The fraction of sp³-hybridized carbons (Fsp3) is 0.571. The fourth-order valence-electron chi connectivity index (χ4n) is 2.51. The molecule has 7 heteroatoms. The molecule has 0 saturated heterocycles. The van der Waals surface area contributed by atoms with Gasteiger partial charge in [-0.15, -0.1) is 0 Å². The average molecular weight is 292 g/mol. The first-order valence-electron chi connectivity index (χ1n) is 7.08. The molecule has 3 N–H and O–H groups in total. The zero-order valence-electron chi connectivity index (χ0n) is 12.0. The van der Waals surface area contributed by atoms with Crippen molar-refractivity contribution in [1.82, 2.24) is 20.8 Å². The van der Waals surface area contributed by atoms with Crippen LogP contribution in [0.25, 0.3) is 0 Å². The number of aliphatic carboxylic acids is 1. The van der Waals surface area contributed by atoms with Crippen molar-refractivity contribution in [3.63, 3.8) is 0 Å². The van der Waals surface area contributed by atoms with E-state index >= 15 is 0 Å². The number of rotatable bonds is 4. The van der Waals surface area contributed by atoms with Gasteiger partial charge in [-0.3, -0.25) is 0 Å². The summed E-state index contributed by atoms with van der Waals surface area (Å²) in [6, 6.07) is 2.98. The summed E-state index contributed by atoms with van der Waals surface area (Å²) in [5.74, 6) is -0.467. The van der Waals surface area contributed by atoms with E-state index in [1.807, 2.05) is 0 Å². The second kappa shape index (κ2) is 6.51. The van der Waals surface area contributed by atoms with E-state index in [1.54, 1.807) is 18.3 Å². The number of hydrogen-bond donors (Lipinski definition) is 3. The molecule has 0 atom stereocenters. The van der Waals surface area contributed by atoms with Gasteiger partial charge in [0.15, 0.2) is 0 Å². The van der Waals surface area contributed by atoms with Crippen LogP contribution in [0.2, 0.25) is 0 Å². The number of aromatic nitrogens is 2. The van der Waals surface area contributed by atoms with Crippen molar-refractivity contribution in [2.24, 2.45) is 5.92 Å². The van der Waals surface area contributed by atoms with Gasteiger partial charge in [0, 0.05) is 6.20 Å². The van der Waals surface area contributed by atoms with Crippen molar-refractivity contribution in [3.8, 4) is 0 Å². The first kappa shape index (κ1) is 15.2. The van der Waals surface area contributed by atoms with Gasteiger partial charge in [-0.05, 0) is 43.7 Å². The van der Waals surface area contributed by atoms with Crippen LogP contribution in [-0.4, -0.2) is 32.8 Å². The Bertz CT molecular complexity index is 498. The highest BCUT2D eigenvalue weighted by atomic mass is 16.4. The number of carbonyl (C=O) groups is 2. The van der Waals surface area contributed by atoms with E-state index in [0.717, 1.165) is 12.8 Å². The molecule has 21 heavy (non-hydrogen) atoms. The molecule has 1 aromatic rings. The third-order valence-electron chi connectivity index (χ3n) is 3.95. The minimum absolute atomic E-state index is 0.214. The van der Waals surface area contributed by atoms with Crippen LogP contribution < -0.4 is 10.6 Å².